The minimum absolute atomic E-state index is 0.0220. The van der Waals surface area contributed by atoms with E-state index in [0.29, 0.717) is 16.9 Å². The first-order chi connectivity index (χ1) is 11.6. The molecule has 0 spiro atoms. The second-order valence-corrected chi connectivity index (χ2v) is 8.65. The summed E-state index contributed by atoms with van der Waals surface area (Å²) in [6, 6.07) is 5.49. The highest BCUT2D eigenvalue weighted by atomic mass is 32.2. The highest BCUT2D eigenvalue weighted by Crippen LogP contribution is 2.39. The predicted octanol–water partition coefficient (Wildman–Crippen LogP) is 5.54. The largest absolute Gasteiger partial charge is 0.416 e. The van der Waals surface area contributed by atoms with E-state index in [1.807, 2.05) is 17.7 Å². The van der Waals surface area contributed by atoms with Crippen molar-refractivity contribution in [2.24, 2.45) is 7.05 Å². The van der Waals surface area contributed by atoms with Crippen molar-refractivity contribution in [1.82, 2.24) is 14.5 Å². The molecule has 25 heavy (non-hydrogen) atoms. The number of pyridine rings is 1. The van der Waals surface area contributed by atoms with Crippen LogP contribution in [0.5, 0.6) is 0 Å². The first-order valence-corrected chi connectivity index (χ1v) is 8.55. The fourth-order valence-electron chi connectivity index (χ4n) is 2.59. The smallest absolute Gasteiger partial charge is 0.327 e. The number of aromatic nitrogens is 3. The van der Waals surface area contributed by atoms with Gasteiger partial charge in [-0.05, 0) is 24.3 Å². The lowest BCUT2D eigenvalue weighted by atomic mass is 10.2. The predicted molar refractivity (Wildman–Crippen MR) is 94.6 cm³/mol. The van der Waals surface area contributed by atoms with Crippen LogP contribution < -0.4 is 0 Å². The Kier molecular flexibility index (Phi) is 4.31. The highest BCUT2D eigenvalue weighted by molar-refractivity contribution is 8.00. The quantitative estimate of drug-likeness (QED) is 0.558. The molecule has 3 nitrogen and oxygen atoms in total. The number of imidazole rings is 1. The summed E-state index contributed by atoms with van der Waals surface area (Å²) in [5, 5.41) is 0. The van der Waals surface area contributed by atoms with Crippen LogP contribution in [0, 0.1) is 0 Å². The highest BCUT2D eigenvalue weighted by Gasteiger charge is 2.31. The fraction of sp³-hybridized carbons (Fsp3) is 0.333. The van der Waals surface area contributed by atoms with Gasteiger partial charge in [-0.3, -0.25) is 4.98 Å². The van der Waals surface area contributed by atoms with E-state index in [1.165, 1.54) is 6.07 Å². The van der Waals surface area contributed by atoms with Crippen molar-refractivity contribution in [2.75, 3.05) is 0 Å². The van der Waals surface area contributed by atoms with E-state index in [1.54, 1.807) is 24.2 Å². The molecule has 0 aliphatic rings. The number of halogens is 3. The van der Waals surface area contributed by atoms with Crippen molar-refractivity contribution in [1.29, 1.82) is 0 Å². The van der Waals surface area contributed by atoms with E-state index in [4.69, 9.17) is 0 Å². The monoisotopic (exact) mass is 365 g/mol. The molecular weight excluding hydrogens is 347 g/mol. The van der Waals surface area contributed by atoms with Crippen LogP contribution in [0.3, 0.4) is 0 Å². The summed E-state index contributed by atoms with van der Waals surface area (Å²) in [7, 11) is 1.81. The number of hydrogen-bond acceptors (Lipinski definition) is 3. The molecule has 2 heterocycles. The number of hydrogen-bond donors (Lipinski definition) is 0. The minimum atomic E-state index is -4.38. The Labute approximate surface area is 148 Å². The molecular formula is C18H18F3N3S. The van der Waals surface area contributed by atoms with Gasteiger partial charge >= 0.3 is 6.18 Å². The molecule has 0 bridgehead atoms. The molecule has 0 N–H and O–H groups in total. The average Bonchev–Trinajstić information content (AvgIpc) is 2.82. The van der Waals surface area contributed by atoms with E-state index in [-0.39, 0.29) is 4.75 Å². The zero-order chi connectivity index (χ0) is 18.4. The number of benzene rings is 1. The lowest BCUT2D eigenvalue weighted by molar-refractivity contribution is -0.137. The molecule has 0 fully saturated rings. The topological polar surface area (TPSA) is 30.7 Å². The molecule has 3 rings (SSSR count). The lowest BCUT2D eigenvalue weighted by Gasteiger charge is -2.19. The van der Waals surface area contributed by atoms with Crippen LogP contribution in [-0.4, -0.2) is 19.3 Å². The zero-order valence-corrected chi connectivity index (χ0v) is 15.2. The van der Waals surface area contributed by atoms with Crippen LogP contribution in [0.2, 0.25) is 0 Å². The van der Waals surface area contributed by atoms with Gasteiger partial charge in [-0.25, -0.2) is 4.98 Å². The summed E-state index contributed by atoms with van der Waals surface area (Å²) in [5.74, 6) is 0.628. The van der Waals surface area contributed by atoms with Crippen LogP contribution in [0.25, 0.3) is 22.4 Å². The number of alkyl halides is 3. The molecule has 1 aromatic carbocycles. The van der Waals surface area contributed by atoms with Crippen molar-refractivity contribution in [3.63, 3.8) is 0 Å². The second kappa shape index (κ2) is 6.05. The van der Waals surface area contributed by atoms with Gasteiger partial charge in [0.15, 0.2) is 0 Å². The SMILES string of the molecule is Cn1c(-c2ccncc2SC(C)(C)C)nc2cc(C(F)(F)F)ccc21. The first kappa shape index (κ1) is 17.8. The van der Waals surface area contributed by atoms with Crippen LogP contribution in [-0.2, 0) is 13.2 Å². The molecule has 0 atom stereocenters. The van der Waals surface area contributed by atoms with E-state index in [2.05, 4.69) is 30.7 Å². The zero-order valence-electron chi connectivity index (χ0n) is 14.3. The standard InChI is InChI=1S/C18H18F3N3S/c1-17(2,3)25-15-10-22-8-7-12(15)16-23-13-9-11(18(19,20)21)5-6-14(13)24(16)4/h5-10H,1-4H3. The molecule has 0 amide bonds. The second-order valence-electron chi connectivity index (χ2n) is 6.78. The maximum atomic E-state index is 12.9. The van der Waals surface area contributed by atoms with E-state index in [0.717, 1.165) is 22.6 Å². The molecule has 0 aliphatic carbocycles. The third kappa shape index (κ3) is 3.66. The number of nitrogens with zero attached hydrogens (tertiary/aromatic N) is 3. The van der Waals surface area contributed by atoms with Gasteiger partial charge in [0.25, 0.3) is 0 Å². The summed E-state index contributed by atoms with van der Waals surface area (Å²) < 4.78 is 40.6. The number of thioether (sulfide) groups is 1. The van der Waals surface area contributed by atoms with Crippen LogP contribution in [0.1, 0.15) is 26.3 Å². The van der Waals surface area contributed by atoms with Gasteiger partial charge in [0.1, 0.15) is 5.82 Å². The normalized spacial score (nSPS) is 12.8. The van der Waals surface area contributed by atoms with Crippen LogP contribution >= 0.6 is 11.8 Å². The molecule has 0 saturated heterocycles. The maximum Gasteiger partial charge on any atom is 0.416 e. The van der Waals surface area contributed by atoms with Crippen molar-refractivity contribution >= 4 is 22.8 Å². The Morgan fingerprint density at radius 3 is 2.44 bits per heavy atom. The van der Waals surface area contributed by atoms with Gasteiger partial charge in [-0.15, -0.1) is 11.8 Å². The molecule has 0 aliphatic heterocycles. The fourth-order valence-corrected chi connectivity index (χ4v) is 3.64. The summed E-state index contributed by atoms with van der Waals surface area (Å²) >= 11 is 1.65. The van der Waals surface area contributed by atoms with Gasteiger partial charge in [-0.2, -0.15) is 13.2 Å². The van der Waals surface area contributed by atoms with Crippen molar-refractivity contribution < 1.29 is 13.2 Å². The Balaban J connectivity index is 2.16. The molecule has 3 aromatic rings. The summed E-state index contributed by atoms with van der Waals surface area (Å²) in [6.07, 6.45) is -0.940. The number of aryl methyl sites for hydroxylation is 1. The summed E-state index contributed by atoms with van der Waals surface area (Å²) in [5.41, 5.74) is 1.16. The van der Waals surface area contributed by atoms with Gasteiger partial charge in [-0.1, -0.05) is 20.8 Å². The molecule has 2 aromatic heterocycles. The molecule has 0 saturated carbocycles. The molecule has 7 heteroatoms. The van der Waals surface area contributed by atoms with Crippen LogP contribution in [0.4, 0.5) is 13.2 Å². The Hall–Kier alpha value is -2.02. The van der Waals surface area contributed by atoms with E-state index >= 15 is 0 Å². The van der Waals surface area contributed by atoms with Crippen molar-refractivity contribution in [3.8, 4) is 11.4 Å². The number of rotatable bonds is 2. The Morgan fingerprint density at radius 1 is 1.08 bits per heavy atom. The lowest BCUT2D eigenvalue weighted by Crippen LogP contribution is -2.07. The first-order valence-electron chi connectivity index (χ1n) is 7.73. The van der Waals surface area contributed by atoms with Gasteiger partial charge in [0.05, 0.1) is 16.6 Å². The summed E-state index contributed by atoms with van der Waals surface area (Å²) in [6.45, 7) is 6.29. The molecule has 0 unspecified atom stereocenters. The summed E-state index contributed by atoms with van der Waals surface area (Å²) in [4.78, 5) is 9.60. The maximum absolute atomic E-state index is 12.9. The third-order valence-electron chi connectivity index (χ3n) is 3.65. The van der Waals surface area contributed by atoms with Gasteiger partial charge in [0, 0.05) is 34.6 Å². The van der Waals surface area contributed by atoms with Gasteiger partial charge < -0.3 is 4.57 Å². The molecule has 132 valence electrons. The average molecular weight is 365 g/mol. The number of fused-ring (bicyclic) bond motifs is 1. The third-order valence-corrected chi connectivity index (χ3v) is 4.81. The van der Waals surface area contributed by atoms with E-state index < -0.39 is 11.7 Å². The minimum Gasteiger partial charge on any atom is -0.327 e. The van der Waals surface area contributed by atoms with E-state index in [9.17, 15) is 13.2 Å². The Morgan fingerprint density at radius 2 is 1.80 bits per heavy atom. The Bertz CT molecular complexity index is 923. The van der Waals surface area contributed by atoms with Crippen molar-refractivity contribution in [3.05, 3.63) is 42.2 Å². The van der Waals surface area contributed by atoms with Crippen LogP contribution in [0.15, 0.2) is 41.6 Å². The van der Waals surface area contributed by atoms with Gasteiger partial charge in [0.2, 0.25) is 0 Å². The van der Waals surface area contributed by atoms with Crippen molar-refractivity contribution in [2.45, 2.75) is 36.6 Å². The molecule has 0 radical (unpaired) electrons.